The van der Waals surface area contributed by atoms with Crippen LogP contribution in [0, 0.1) is 0 Å². The highest BCUT2D eigenvalue weighted by Crippen LogP contribution is 2.17. The Hall–Kier alpha value is -3.14. The summed E-state index contributed by atoms with van der Waals surface area (Å²) in [6, 6.07) is 22.7. The first-order chi connectivity index (χ1) is 12.1. The molecule has 4 heteroatoms. The third-order valence-electron chi connectivity index (χ3n) is 3.98. The van der Waals surface area contributed by atoms with Gasteiger partial charge >= 0.3 is 5.97 Å². The molecule has 0 fully saturated rings. The molecule has 0 radical (unpaired) electrons. The predicted octanol–water partition coefficient (Wildman–Crippen LogP) is 3.87. The van der Waals surface area contributed by atoms with Gasteiger partial charge in [0, 0.05) is 5.56 Å². The van der Waals surface area contributed by atoms with Gasteiger partial charge in [-0.25, -0.2) is 0 Å². The fraction of sp³-hybridized carbons (Fsp3) is 0.143. The van der Waals surface area contributed by atoms with E-state index in [1.807, 2.05) is 66.7 Å². The van der Waals surface area contributed by atoms with Gasteiger partial charge in [0.25, 0.3) is 5.91 Å². The maximum absolute atomic E-state index is 12.2. The van der Waals surface area contributed by atoms with Crippen LogP contribution in [0.2, 0.25) is 0 Å². The van der Waals surface area contributed by atoms with Crippen molar-refractivity contribution in [3.05, 3.63) is 83.9 Å². The lowest BCUT2D eigenvalue weighted by Gasteiger charge is -2.14. The van der Waals surface area contributed by atoms with Crippen molar-refractivity contribution < 1.29 is 14.3 Å². The van der Waals surface area contributed by atoms with Crippen LogP contribution in [0.5, 0.6) is 0 Å². The number of esters is 1. The molecule has 1 N–H and O–H groups in total. The first-order valence-corrected chi connectivity index (χ1v) is 8.15. The topological polar surface area (TPSA) is 55.4 Å². The van der Waals surface area contributed by atoms with E-state index in [0.717, 1.165) is 16.3 Å². The summed E-state index contributed by atoms with van der Waals surface area (Å²) in [7, 11) is 0. The van der Waals surface area contributed by atoms with E-state index in [1.165, 1.54) is 0 Å². The zero-order chi connectivity index (χ0) is 17.6. The third kappa shape index (κ3) is 4.23. The normalized spacial score (nSPS) is 11.7. The molecular weight excluding hydrogens is 314 g/mol. The highest BCUT2D eigenvalue weighted by atomic mass is 16.5. The molecule has 0 bridgehead atoms. The lowest BCUT2D eigenvalue weighted by atomic mass is 10.1. The molecule has 0 unspecified atom stereocenters. The molecule has 3 rings (SSSR count). The van der Waals surface area contributed by atoms with Crippen LogP contribution >= 0.6 is 0 Å². The number of fused-ring (bicyclic) bond motifs is 1. The number of carbonyl (C=O) groups is 2. The average Bonchev–Trinajstić information content (AvgIpc) is 2.66. The molecule has 0 saturated carbocycles. The lowest BCUT2D eigenvalue weighted by Crippen LogP contribution is -2.31. The molecule has 0 aliphatic heterocycles. The zero-order valence-electron chi connectivity index (χ0n) is 13.9. The van der Waals surface area contributed by atoms with Crippen LogP contribution < -0.4 is 5.32 Å². The summed E-state index contributed by atoms with van der Waals surface area (Å²) in [5, 5.41) is 4.65. The third-order valence-corrected chi connectivity index (χ3v) is 3.98. The Morgan fingerprint density at radius 1 is 0.920 bits per heavy atom. The number of ether oxygens (including phenoxy) is 1. The fourth-order valence-electron chi connectivity index (χ4n) is 2.62. The van der Waals surface area contributed by atoms with Crippen molar-refractivity contribution in [2.24, 2.45) is 0 Å². The summed E-state index contributed by atoms with van der Waals surface area (Å²) < 4.78 is 5.34. The molecule has 1 atom stereocenters. The van der Waals surface area contributed by atoms with Crippen molar-refractivity contribution in [1.82, 2.24) is 5.32 Å². The van der Waals surface area contributed by atoms with Gasteiger partial charge in [0.1, 0.15) is 12.6 Å². The first kappa shape index (κ1) is 16.7. The summed E-state index contributed by atoms with van der Waals surface area (Å²) in [5.74, 6) is -0.763. The molecule has 126 valence electrons. The van der Waals surface area contributed by atoms with Gasteiger partial charge in [-0.15, -0.1) is 0 Å². The lowest BCUT2D eigenvalue weighted by molar-refractivity contribution is -0.147. The Morgan fingerprint density at radius 2 is 1.60 bits per heavy atom. The average molecular weight is 333 g/mol. The number of hydrogen-bond donors (Lipinski definition) is 1. The number of rotatable bonds is 5. The summed E-state index contributed by atoms with van der Waals surface area (Å²) in [4.78, 5) is 24.2. The highest BCUT2D eigenvalue weighted by molar-refractivity contribution is 5.99. The molecule has 1 amide bonds. The van der Waals surface area contributed by atoms with Gasteiger partial charge in [0.2, 0.25) is 0 Å². The van der Waals surface area contributed by atoms with Crippen LogP contribution in [0.15, 0.2) is 72.8 Å². The van der Waals surface area contributed by atoms with Crippen molar-refractivity contribution in [3.8, 4) is 0 Å². The summed E-state index contributed by atoms with van der Waals surface area (Å²) in [5.41, 5.74) is 1.43. The van der Waals surface area contributed by atoms with E-state index < -0.39 is 5.97 Å². The molecule has 0 aliphatic carbocycles. The molecule has 3 aromatic carbocycles. The zero-order valence-corrected chi connectivity index (χ0v) is 13.9. The Morgan fingerprint density at radius 3 is 2.36 bits per heavy atom. The molecule has 0 spiro atoms. The van der Waals surface area contributed by atoms with Crippen molar-refractivity contribution in [1.29, 1.82) is 0 Å². The summed E-state index contributed by atoms with van der Waals surface area (Å²) in [6.45, 7) is 1.64. The van der Waals surface area contributed by atoms with Crippen molar-refractivity contribution in [2.45, 2.75) is 13.0 Å². The highest BCUT2D eigenvalue weighted by Gasteiger charge is 2.13. The van der Waals surface area contributed by atoms with Crippen LogP contribution in [0.4, 0.5) is 0 Å². The Kier molecular flexibility index (Phi) is 5.09. The van der Waals surface area contributed by atoms with Crippen LogP contribution in [0.1, 0.15) is 28.9 Å². The van der Waals surface area contributed by atoms with Crippen LogP contribution in [-0.4, -0.2) is 18.4 Å². The first-order valence-electron chi connectivity index (χ1n) is 8.15. The smallest absolute Gasteiger partial charge is 0.326 e. The number of benzene rings is 3. The molecule has 25 heavy (non-hydrogen) atoms. The number of amides is 1. The summed E-state index contributed by atoms with van der Waals surface area (Å²) >= 11 is 0. The van der Waals surface area contributed by atoms with Crippen molar-refractivity contribution in [2.75, 3.05) is 6.54 Å². The minimum Gasteiger partial charge on any atom is -0.456 e. The minimum atomic E-state index is -0.467. The van der Waals surface area contributed by atoms with Gasteiger partial charge in [-0.05, 0) is 35.4 Å². The molecule has 0 saturated heterocycles. The second kappa shape index (κ2) is 7.62. The number of hydrogen-bond acceptors (Lipinski definition) is 3. The molecule has 0 heterocycles. The van der Waals surface area contributed by atoms with Crippen molar-refractivity contribution in [3.63, 3.8) is 0 Å². The summed E-state index contributed by atoms with van der Waals surface area (Å²) in [6.07, 6.45) is -0.355. The maximum Gasteiger partial charge on any atom is 0.326 e. The van der Waals surface area contributed by atoms with Gasteiger partial charge < -0.3 is 10.1 Å². The Balaban J connectivity index is 1.56. The van der Waals surface area contributed by atoms with Gasteiger partial charge in [0.05, 0.1) is 0 Å². The monoisotopic (exact) mass is 333 g/mol. The Labute approximate surface area is 146 Å². The number of carbonyl (C=O) groups excluding carboxylic acids is 2. The molecule has 3 aromatic rings. The number of nitrogens with one attached hydrogen (secondary N) is 1. The SMILES string of the molecule is C[C@@H](OC(=O)CNC(=O)c1ccc2ccccc2c1)c1ccccc1. The van der Waals surface area contributed by atoms with E-state index in [4.69, 9.17) is 4.74 Å². The van der Waals surface area contributed by atoms with Gasteiger partial charge in [-0.3, -0.25) is 9.59 Å². The van der Waals surface area contributed by atoms with E-state index in [9.17, 15) is 9.59 Å². The van der Waals surface area contributed by atoms with E-state index >= 15 is 0 Å². The minimum absolute atomic E-state index is 0.164. The van der Waals surface area contributed by atoms with E-state index in [2.05, 4.69) is 5.32 Å². The quantitative estimate of drug-likeness (QED) is 0.721. The molecule has 0 aliphatic rings. The largest absolute Gasteiger partial charge is 0.456 e. The van der Waals surface area contributed by atoms with Crippen LogP contribution in [-0.2, 0) is 9.53 Å². The molecule has 4 nitrogen and oxygen atoms in total. The fourth-order valence-corrected chi connectivity index (χ4v) is 2.62. The van der Waals surface area contributed by atoms with Gasteiger partial charge in [0.15, 0.2) is 0 Å². The van der Waals surface area contributed by atoms with Gasteiger partial charge in [-0.1, -0.05) is 60.7 Å². The van der Waals surface area contributed by atoms with E-state index in [1.54, 1.807) is 13.0 Å². The second-order valence-corrected chi connectivity index (χ2v) is 5.79. The van der Waals surface area contributed by atoms with Crippen molar-refractivity contribution >= 4 is 22.6 Å². The van der Waals surface area contributed by atoms with E-state index in [-0.39, 0.29) is 18.6 Å². The van der Waals surface area contributed by atoms with Gasteiger partial charge in [-0.2, -0.15) is 0 Å². The predicted molar refractivity (Wildman–Crippen MR) is 97.2 cm³/mol. The standard InChI is InChI=1S/C21H19NO3/c1-15(16-7-3-2-4-8-16)25-20(23)14-22-21(24)19-12-11-17-9-5-6-10-18(17)13-19/h2-13,15H,14H2,1H3,(H,22,24)/t15-/m1/s1. The second-order valence-electron chi connectivity index (χ2n) is 5.79. The Bertz CT molecular complexity index is 890. The molecule has 0 aromatic heterocycles. The maximum atomic E-state index is 12.2. The van der Waals surface area contributed by atoms with E-state index in [0.29, 0.717) is 5.56 Å². The van der Waals surface area contributed by atoms with Crippen LogP contribution in [0.25, 0.3) is 10.8 Å². The molecular formula is C21H19NO3. The van der Waals surface area contributed by atoms with Crippen LogP contribution in [0.3, 0.4) is 0 Å².